The van der Waals surface area contributed by atoms with Crippen LogP contribution >= 0.6 is 22.7 Å². The van der Waals surface area contributed by atoms with Gasteiger partial charge in [-0.1, -0.05) is 0 Å². The van der Waals surface area contributed by atoms with E-state index in [2.05, 4.69) is 64.0 Å². The third-order valence-corrected chi connectivity index (χ3v) is 7.78. The molecule has 4 rings (SSSR count). The number of rotatable bonds is 7. The molecule has 2 unspecified atom stereocenters. The summed E-state index contributed by atoms with van der Waals surface area (Å²) in [5, 5.41) is 10.2. The molecule has 0 amide bonds. The molecule has 0 saturated heterocycles. The van der Waals surface area contributed by atoms with Crippen LogP contribution < -0.4 is 16.0 Å². The second kappa shape index (κ2) is 12.0. The molecule has 0 spiro atoms. The highest BCUT2D eigenvalue weighted by Crippen LogP contribution is 2.19. The molecule has 0 radical (unpaired) electrons. The predicted octanol–water partition coefficient (Wildman–Crippen LogP) is 2.83. The number of nitrogens with zero attached hydrogens (tertiary/aromatic N) is 7. The van der Waals surface area contributed by atoms with Crippen molar-refractivity contribution in [2.75, 3.05) is 34.7 Å². The van der Waals surface area contributed by atoms with Gasteiger partial charge in [-0.3, -0.25) is 10.6 Å². The highest BCUT2D eigenvalue weighted by molar-refractivity contribution is 7.12. The largest absolute Gasteiger partial charge is 0.349 e. The minimum Gasteiger partial charge on any atom is -0.349 e. The zero-order valence-corrected chi connectivity index (χ0v) is 24.4. The summed E-state index contributed by atoms with van der Waals surface area (Å²) < 4.78 is 0. The Balaban J connectivity index is 1.49. The van der Waals surface area contributed by atoms with Crippen LogP contribution in [0, 0.1) is 13.8 Å². The predicted molar refractivity (Wildman–Crippen MR) is 157 cm³/mol. The van der Waals surface area contributed by atoms with Crippen molar-refractivity contribution in [3.63, 3.8) is 0 Å². The van der Waals surface area contributed by atoms with Gasteiger partial charge < -0.3 is 20.0 Å². The molecule has 0 saturated carbocycles. The van der Waals surface area contributed by atoms with Gasteiger partial charge >= 0.3 is 0 Å². The molecule has 0 aliphatic carbocycles. The van der Waals surface area contributed by atoms with Crippen molar-refractivity contribution in [2.24, 2.45) is 20.0 Å². The fourth-order valence-electron chi connectivity index (χ4n) is 3.92. The van der Waals surface area contributed by atoms with Gasteiger partial charge in [-0.05, 0) is 45.0 Å². The fraction of sp³-hybridized carbons (Fsp3) is 0.520. The average Bonchev–Trinajstić information content (AvgIpc) is 3.47. The summed E-state index contributed by atoms with van der Waals surface area (Å²) in [6.45, 7) is 8.44. The van der Waals surface area contributed by atoms with E-state index in [-0.39, 0.29) is 12.3 Å². The average molecular weight is 543 g/mol. The van der Waals surface area contributed by atoms with Crippen molar-refractivity contribution in [3.8, 4) is 0 Å². The lowest BCUT2D eigenvalue weighted by molar-refractivity contribution is 0.365. The van der Waals surface area contributed by atoms with Crippen LogP contribution in [0.3, 0.4) is 0 Å². The van der Waals surface area contributed by atoms with E-state index < -0.39 is 0 Å². The monoisotopic (exact) mass is 542 g/mol. The Kier molecular flexibility index (Phi) is 8.70. The van der Waals surface area contributed by atoms with E-state index >= 15 is 0 Å². The van der Waals surface area contributed by atoms with Crippen LogP contribution in [-0.4, -0.2) is 85.6 Å². The van der Waals surface area contributed by atoms with Crippen molar-refractivity contribution in [1.29, 1.82) is 0 Å². The molecule has 10 nitrogen and oxygen atoms in total. The third kappa shape index (κ3) is 7.45. The lowest BCUT2D eigenvalue weighted by atomic mass is 10.3. The molecule has 0 fully saturated rings. The van der Waals surface area contributed by atoms with Crippen molar-refractivity contribution < 1.29 is 0 Å². The minimum atomic E-state index is -0.142. The van der Waals surface area contributed by atoms with Gasteiger partial charge in [0.05, 0.1) is 13.1 Å². The van der Waals surface area contributed by atoms with E-state index in [9.17, 15) is 0 Å². The number of aryl methyl sites for hydroxylation is 2. The Hall–Kier alpha value is -3.12. The smallest absolute Gasteiger partial charge is 0.203 e. The first-order chi connectivity index (χ1) is 17.7. The minimum absolute atomic E-state index is 0.112. The van der Waals surface area contributed by atoms with Crippen LogP contribution in [0.25, 0.3) is 0 Å². The molecule has 2 atom stereocenters. The fourth-order valence-corrected chi connectivity index (χ4v) is 5.64. The topological polar surface area (TPSA) is 95.2 Å². The summed E-state index contributed by atoms with van der Waals surface area (Å²) in [7, 11) is 7.96. The van der Waals surface area contributed by atoms with Gasteiger partial charge in [0.25, 0.3) is 0 Å². The zero-order valence-electron chi connectivity index (χ0n) is 22.7. The number of thiophene rings is 2. The molecule has 3 N–H and O–H groups in total. The summed E-state index contributed by atoms with van der Waals surface area (Å²) in [5.74, 6) is 3.20. The lowest BCUT2D eigenvalue weighted by Gasteiger charge is -2.33. The highest BCUT2D eigenvalue weighted by atomic mass is 32.1. The molecular weight excluding hydrogens is 504 g/mol. The van der Waals surface area contributed by atoms with Gasteiger partial charge in [-0.2, -0.15) is 0 Å². The van der Waals surface area contributed by atoms with Crippen LogP contribution in [0.2, 0.25) is 0 Å². The Morgan fingerprint density at radius 1 is 0.838 bits per heavy atom. The molecule has 2 aliphatic rings. The van der Waals surface area contributed by atoms with E-state index in [4.69, 9.17) is 15.0 Å². The van der Waals surface area contributed by atoms with Crippen molar-refractivity contribution >= 4 is 46.5 Å². The van der Waals surface area contributed by atoms with Gasteiger partial charge in [0.15, 0.2) is 5.96 Å². The molecule has 12 heteroatoms. The van der Waals surface area contributed by atoms with E-state index in [0.717, 1.165) is 43.3 Å². The molecule has 2 aromatic rings. The number of nitrogens with one attached hydrogen (secondary N) is 3. The molecule has 0 bridgehead atoms. The lowest BCUT2D eigenvalue weighted by Crippen LogP contribution is -2.56. The number of hydrogen-bond acceptors (Lipinski definition) is 10. The maximum Gasteiger partial charge on any atom is 0.203 e. The van der Waals surface area contributed by atoms with Crippen LogP contribution in [0.1, 0.15) is 32.9 Å². The van der Waals surface area contributed by atoms with Gasteiger partial charge in [-0.25, -0.2) is 20.0 Å². The maximum absolute atomic E-state index is 4.90. The maximum atomic E-state index is 4.90. The van der Waals surface area contributed by atoms with Gasteiger partial charge in [0.1, 0.15) is 12.3 Å². The summed E-state index contributed by atoms with van der Waals surface area (Å²) in [4.78, 5) is 30.6. The number of aliphatic imine (C=N–C) groups is 4. The van der Waals surface area contributed by atoms with E-state index in [1.807, 2.05) is 56.3 Å². The Labute approximate surface area is 227 Å². The number of hydrogen-bond donors (Lipinski definition) is 3. The molecule has 2 aliphatic heterocycles. The highest BCUT2D eigenvalue weighted by Gasteiger charge is 2.24. The normalized spacial score (nSPS) is 20.3. The Morgan fingerprint density at radius 2 is 1.46 bits per heavy atom. The molecular formula is C25H38N10S2. The zero-order chi connectivity index (χ0) is 26.5. The first-order valence-electron chi connectivity index (χ1n) is 12.4. The van der Waals surface area contributed by atoms with E-state index in [0.29, 0.717) is 6.54 Å². The summed E-state index contributed by atoms with van der Waals surface area (Å²) in [6.07, 6.45) is 0.527. The molecule has 4 heterocycles. The number of guanidine groups is 4. The first kappa shape index (κ1) is 26.9. The third-order valence-electron chi connectivity index (χ3n) is 5.80. The SMILES string of the molecule is Cc1ccc(CN=C2NC(N(C)C)=NC(CCN(Cc3ccc(C)s3)C3=NC(C)N=C(N(C)C)N3)N2)s1. The van der Waals surface area contributed by atoms with Crippen molar-refractivity contribution in [2.45, 2.75) is 52.6 Å². The summed E-state index contributed by atoms with van der Waals surface area (Å²) >= 11 is 3.59. The molecule has 2 aromatic heterocycles. The second-order valence-electron chi connectivity index (χ2n) is 9.59. The quantitative estimate of drug-likeness (QED) is 0.498. The van der Waals surface area contributed by atoms with Crippen LogP contribution in [-0.2, 0) is 13.1 Å². The van der Waals surface area contributed by atoms with Crippen LogP contribution in [0.4, 0.5) is 0 Å². The van der Waals surface area contributed by atoms with Crippen LogP contribution in [0.15, 0.2) is 44.2 Å². The van der Waals surface area contributed by atoms with Crippen molar-refractivity contribution in [1.82, 2.24) is 30.7 Å². The first-order valence-corrected chi connectivity index (χ1v) is 14.1. The molecule has 37 heavy (non-hydrogen) atoms. The second-order valence-corrected chi connectivity index (χ2v) is 12.3. The van der Waals surface area contributed by atoms with E-state index in [1.165, 1.54) is 19.5 Å². The Bertz CT molecular complexity index is 1190. The van der Waals surface area contributed by atoms with E-state index in [1.54, 1.807) is 11.3 Å². The van der Waals surface area contributed by atoms with Crippen molar-refractivity contribution in [3.05, 3.63) is 43.8 Å². The summed E-state index contributed by atoms with van der Waals surface area (Å²) in [5.41, 5.74) is 0. The molecule has 200 valence electrons. The Morgan fingerprint density at radius 3 is 2.08 bits per heavy atom. The van der Waals surface area contributed by atoms with Gasteiger partial charge in [0.2, 0.25) is 17.9 Å². The molecule has 0 aromatic carbocycles. The summed E-state index contributed by atoms with van der Waals surface area (Å²) in [6, 6.07) is 8.64. The standard InChI is InChI=1S/C25H38N10S2/c1-16-8-10-19(36-16)14-26-22-29-21(30-24(31-22)34(6)7)12-13-35(15-20-11-9-17(2)37-20)25-28-18(3)27-23(32-25)33(4)5/h8-11,18,21H,12-15H2,1-7H3,(H,27,28,32)(H2,26,29,30,31). The van der Waals surface area contributed by atoms with Gasteiger partial charge in [-0.15, -0.1) is 22.7 Å². The van der Waals surface area contributed by atoms with Gasteiger partial charge in [0, 0.05) is 60.7 Å². The van der Waals surface area contributed by atoms with Crippen LogP contribution in [0.5, 0.6) is 0 Å².